The van der Waals surface area contributed by atoms with Crippen molar-refractivity contribution >= 4 is 16.9 Å². The van der Waals surface area contributed by atoms with Crippen LogP contribution in [0.25, 0.3) is 16.8 Å². The molecule has 0 saturated carbocycles. The van der Waals surface area contributed by atoms with E-state index in [0.717, 1.165) is 0 Å². The van der Waals surface area contributed by atoms with Crippen LogP contribution in [-0.4, -0.2) is 20.4 Å². The minimum atomic E-state index is -0.502. The van der Waals surface area contributed by atoms with Crippen LogP contribution in [-0.2, 0) is 0 Å². The van der Waals surface area contributed by atoms with Gasteiger partial charge in [0, 0.05) is 17.8 Å². The van der Waals surface area contributed by atoms with Crippen LogP contribution in [0.3, 0.4) is 0 Å². The highest BCUT2D eigenvalue weighted by atomic mass is 19.1. The number of fused-ring (bicyclic) bond motifs is 1. The quantitative estimate of drug-likeness (QED) is 0.574. The highest BCUT2D eigenvalue weighted by Crippen LogP contribution is 2.29. The maximum atomic E-state index is 13.4. The summed E-state index contributed by atoms with van der Waals surface area (Å²) in [5.74, 6) is -1.30. The first kappa shape index (κ1) is 15.8. The Morgan fingerprint density at radius 2 is 2.00 bits per heavy atom. The molecular formula is C19H11FN2O4. The van der Waals surface area contributed by atoms with E-state index >= 15 is 0 Å². The molecule has 0 unspecified atom stereocenters. The lowest BCUT2D eigenvalue weighted by Gasteiger charge is -2.09. The molecule has 2 aromatic carbocycles. The summed E-state index contributed by atoms with van der Waals surface area (Å²) in [4.78, 5) is 28.8. The van der Waals surface area contributed by atoms with Crippen molar-refractivity contribution in [2.45, 2.75) is 0 Å². The van der Waals surface area contributed by atoms with Gasteiger partial charge in [-0.2, -0.15) is 0 Å². The van der Waals surface area contributed by atoms with Gasteiger partial charge in [-0.15, -0.1) is 0 Å². The van der Waals surface area contributed by atoms with Gasteiger partial charge in [-0.1, -0.05) is 6.07 Å². The second-order valence-electron chi connectivity index (χ2n) is 5.60. The lowest BCUT2D eigenvalue weighted by atomic mass is 10.0. The fraction of sp³-hybridized carbons (Fsp3) is 0. The number of halogens is 1. The number of nitrogens with zero attached hydrogens (tertiary/aromatic N) is 2. The van der Waals surface area contributed by atoms with Gasteiger partial charge >= 0.3 is 0 Å². The third-order valence-electron chi connectivity index (χ3n) is 3.98. The molecule has 0 aliphatic carbocycles. The van der Waals surface area contributed by atoms with Crippen LogP contribution in [0.2, 0.25) is 0 Å². The second kappa shape index (κ2) is 5.96. The van der Waals surface area contributed by atoms with Gasteiger partial charge in [0.2, 0.25) is 0 Å². The number of rotatable bonds is 3. The third kappa shape index (κ3) is 2.55. The number of aromatic hydroxyl groups is 1. The van der Waals surface area contributed by atoms with E-state index in [2.05, 4.69) is 4.98 Å². The van der Waals surface area contributed by atoms with Gasteiger partial charge in [-0.25, -0.2) is 9.37 Å². The molecule has 0 fully saturated rings. The van der Waals surface area contributed by atoms with Gasteiger partial charge in [-0.05, 0) is 36.4 Å². The molecule has 26 heavy (non-hydrogen) atoms. The first-order chi connectivity index (χ1) is 12.5. The van der Waals surface area contributed by atoms with Gasteiger partial charge in [0.1, 0.15) is 5.82 Å². The topological polar surface area (TPSA) is 85.3 Å². The van der Waals surface area contributed by atoms with E-state index in [4.69, 9.17) is 4.42 Å². The summed E-state index contributed by atoms with van der Waals surface area (Å²) in [6.07, 6.45) is 2.48. The zero-order chi connectivity index (χ0) is 18.3. The predicted molar refractivity (Wildman–Crippen MR) is 91.1 cm³/mol. The number of ketones is 1. The van der Waals surface area contributed by atoms with Crippen molar-refractivity contribution in [1.29, 1.82) is 0 Å². The Labute approximate surface area is 145 Å². The number of aromatic nitrogens is 2. The van der Waals surface area contributed by atoms with Crippen LogP contribution in [0.5, 0.6) is 5.75 Å². The number of carbonyl (C=O) groups excluding carboxylic acids is 1. The molecule has 0 atom stereocenters. The average molecular weight is 350 g/mol. The number of oxazole rings is 1. The van der Waals surface area contributed by atoms with Gasteiger partial charge in [0.05, 0.1) is 11.3 Å². The van der Waals surface area contributed by atoms with E-state index in [1.165, 1.54) is 59.6 Å². The zero-order valence-electron chi connectivity index (χ0n) is 13.2. The molecule has 0 spiro atoms. The van der Waals surface area contributed by atoms with Crippen LogP contribution >= 0.6 is 0 Å². The molecule has 0 aliphatic heterocycles. The summed E-state index contributed by atoms with van der Waals surface area (Å²) < 4.78 is 19.7. The Kier molecular flexibility index (Phi) is 3.62. The number of benzene rings is 2. The van der Waals surface area contributed by atoms with E-state index in [-0.39, 0.29) is 22.4 Å². The van der Waals surface area contributed by atoms with Crippen LogP contribution in [0.15, 0.2) is 70.3 Å². The minimum Gasteiger partial charge on any atom is -0.505 e. The highest BCUT2D eigenvalue weighted by Gasteiger charge is 2.18. The van der Waals surface area contributed by atoms with Crippen molar-refractivity contribution in [3.8, 4) is 11.4 Å². The molecule has 0 saturated heterocycles. The number of hydrogen-bond acceptors (Lipinski definition) is 5. The Morgan fingerprint density at radius 3 is 2.81 bits per heavy atom. The van der Waals surface area contributed by atoms with Crippen molar-refractivity contribution in [3.05, 3.63) is 88.4 Å². The fourth-order valence-corrected chi connectivity index (χ4v) is 2.70. The Bertz CT molecular complexity index is 1210. The molecule has 7 heteroatoms. The van der Waals surface area contributed by atoms with Gasteiger partial charge < -0.3 is 9.52 Å². The summed E-state index contributed by atoms with van der Waals surface area (Å²) in [6.45, 7) is 0. The summed E-state index contributed by atoms with van der Waals surface area (Å²) in [5.41, 5.74) is 0.588. The fourth-order valence-electron chi connectivity index (χ4n) is 2.70. The third-order valence-corrected chi connectivity index (χ3v) is 3.98. The first-order valence-corrected chi connectivity index (χ1v) is 7.63. The molecule has 2 heterocycles. The molecule has 0 radical (unpaired) electrons. The van der Waals surface area contributed by atoms with E-state index in [1.54, 1.807) is 6.07 Å². The van der Waals surface area contributed by atoms with Crippen molar-refractivity contribution in [2.24, 2.45) is 0 Å². The smallest absolute Gasteiger partial charge is 0.255 e. The maximum Gasteiger partial charge on any atom is 0.255 e. The Balaban J connectivity index is 1.82. The summed E-state index contributed by atoms with van der Waals surface area (Å²) >= 11 is 0. The van der Waals surface area contributed by atoms with Gasteiger partial charge in [0.25, 0.3) is 5.56 Å². The molecule has 6 nitrogen and oxygen atoms in total. The largest absolute Gasteiger partial charge is 0.505 e. The van der Waals surface area contributed by atoms with Crippen molar-refractivity contribution in [2.75, 3.05) is 0 Å². The molecule has 128 valence electrons. The number of phenols is 1. The van der Waals surface area contributed by atoms with Crippen molar-refractivity contribution < 1.29 is 18.7 Å². The molecule has 1 N–H and O–H groups in total. The minimum absolute atomic E-state index is 0.0239. The summed E-state index contributed by atoms with van der Waals surface area (Å²) in [6, 6.07) is 11.0. The summed E-state index contributed by atoms with van der Waals surface area (Å²) in [7, 11) is 0. The first-order valence-electron chi connectivity index (χ1n) is 7.63. The number of phenolic OH excluding ortho intramolecular Hbond substituents is 1. The molecule has 4 rings (SSSR count). The predicted octanol–water partition coefficient (Wildman–Crippen LogP) is 3.05. The average Bonchev–Trinajstić information content (AvgIpc) is 3.11. The van der Waals surface area contributed by atoms with E-state index < -0.39 is 17.2 Å². The van der Waals surface area contributed by atoms with Crippen molar-refractivity contribution in [1.82, 2.24) is 9.55 Å². The van der Waals surface area contributed by atoms with Crippen LogP contribution in [0.1, 0.15) is 15.9 Å². The molecule has 2 aromatic heterocycles. The molecule has 0 amide bonds. The van der Waals surface area contributed by atoms with E-state index in [9.17, 15) is 19.1 Å². The Morgan fingerprint density at radius 1 is 1.15 bits per heavy atom. The lowest BCUT2D eigenvalue weighted by Crippen LogP contribution is -2.18. The monoisotopic (exact) mass is 350 g/mol. The number of hydrogen-bond donors (Lipinski definition) is 1. The highest BCUT2D eigenvalue weighted by molar-refractivity contribution is 6.12. The normalized spacial score (nSPS) is 11.0. The van der Waals surface area contributed by atoms with E-state index in [1.807, 2.05) is 0 Å². The van der Waals surface area contributed by atoms with Crippen LogP contribution in [0.4, 0.5) is 4.39 Å². The number of carbonyl (C=O) groups is 1. The molecule has 0 bridgehead atoms. The van der Waals surface area contributed by atoms with Crippen LogP contribution < -0.4 is 5.56 Å². The molecule has 0 aliphatic rings. The standard InChI is InChI=1S/C19H11FN2O4/c20-12-2-1-3-13(8-12)22-9-11(4-7-16(22)23)18(24)14-5-6-15-17(19(14)25)21-10-26-15/h1-10,25H. The maximum absolute atomic E-state index is 13.4. The Hall–Kier alpha value is -3.74. The van der Waals surface area contributed by atoms with Crippen LogP contribution in [0, 0.1) is 5.82 Å². The molecule has 4 aromatic rings. The second-order valence-corrected chi connectivity index (χ2v) is 5.60. The zero-order valence-corrected chi connectivity index (χ0v) is 13.2. The summed E-state index contributed by atoms with van der Waals surface area (Å²) in [5, 5.41) is 10.3. The van der Waals surface area contributed by atoms with Gasteiger partial charge in [-0.3, -0.25) is 14.2 Å². The van der Waals surface area contributed by atoms with E-state index in [0.29, 0.717) is 11.3 Å². The van der Waals surface area contributed by atoms with Gasteiger partial charge in [0.15, 0.2) is 29.0 Å². The van der Waals surface area contributed by atoms with Crippen molar-refractivity contribution in [3.63, 3.8) is 0 Å². The SMILES string of the molecule is O=C(c1ccc(=O)n(-c2cccc(F)c2)c1)c1ccc2ocnc2c1O. The molecular weight excluding hydrogens is 339 g/mol. The lowest BCUT2D eigenvalue weighted by molar-refractivity contribution is 0.103. The number of pyridine rings is 1.